The fourth-order valence-corrected chi connectivity index (χ4v) is 5.05. The van der Waals surface area contributed by atoms with Crippen LogP contribution in [0.3, 0.4) is 0 Å². The molecule has 0 bridgehead atoms. The van der Waals surface area contributed by atoms with Crippen molar-refractivity contribution in [1.29, 1.82) is 0 Å². The number of H-pyrrole nitrogens is 1. The molecule has 31 heavy (non-hydrogen) atoms. The topological polar surface area (TPSA) is 130 Å². The number of anilines is 2. The van der Waals surface area contributed by atoms with Crippen molar-refractivity contribution in [2.24, 2.45) is 11.8 Å². The molecule has 1 aromatic heterocycles. The predicted octanol–water partition coefficient (Wildman–Crippen LogP) is 2.76. The van der Waals surface area contributed by atoms with Gasteiger partial charge in [-0.15, -0.1) is 0 Å². The number of nitrogens with two attached hydrogens (primary N) is 2. The van der Waals surface area contributed by atoms with Gasteiger partial charge in [0, 0.05) is 19.1 Å². The van der Waals surface area contributed by atoms with Gasteiger partial charge in [-0.25, -0.2) is 0 Å². The van der Waals surface area contributed by atoms with Gasteiger partial charge in [0.25, 0.3) is 11.8 Å². The first-order valence-electron chi connectivity index (χ1n) is 11.1. The first kappa shape index (κ1) is 21.2. The highest BCUT2D eigenvalue weighted by Crippen LogP contribution is 2.37. The Hall–Kier alpha value is -3.03. The minimum Gasteiger partial charge on any atom is -0.397 e. The second-order valence-electron chi connectivity index (χ2n) is 9.20. The number of nitrogen functional groups attached to an aromatic ring is 2. The van der Waals surface area contributed by atoms with Gasteiger partial charge >= 0.3 is 0 Å². The summed E-state index contributed by atoms with van der Waals surface area (Å²) in [4.78, 5) is 27.7. The highest BCUT2D eigenvalue weighted by Gasteiger charge is 2.37. The molecule has 1 saturated heterocycles. The molecular weight excluding hydrogens is 392 g/mol. The molecule has 8 nitrogen and oxygen atoms in total. The lowest BCUT2D eigenvalue weighted by atomic mass is 9.73. The average Bonchev–Trinajstić information content (AvgIpc) is 3.25. The first-order chi connectivity index (χ1) is 14.8. The second kappa shape index (κ2) is 8.61. The number of hydrogen-bond acceptors (Lipinski definition) is 5. The average molecular weight is 425 g/mol. The lowest BCUT2D eigenvalue weighted by Crippen LogP contribution is -2.49. The molecule has 3 atom stereocenters. The van der Waals surface area contributed by atoms with Crippen molar-refractivity contribution >= 4 is 23.2 Å². The van der Waals surface area contributed by atoms with Crippen molar-refractivity contribution < 1.29 is 9.59 Å². The van der Waals surface area contributed by atoms with Crippen LogP contribution in [0.15, 0.2) is 24.4 Å². The van der Waals surface area contributed by atoms with Gasteiger partial charge in [0.15, 0.2) is 0 Å². The number of aromatic nitrogens is 2. The van der Waals surface area contributed by atoms with Gasteiger partial charge in [-0.2, -0.15) is 5.10 Å². The van der Waals surface area contributed by atoms with Crippen LogP contribution in [0.4, 0.5) is 11.4 Å². The number of para-hydroxylation sites is 1. The number of hydrogen-bond donors (Lipinski definition) is 4. The lowest BCUT2D eigenvalue weighted by Gasteiger charge is -2.43. The van der Waals surface area contributed by atoms with Gasteiger partial charge in [-0.3, -0.25) is 14.7 Å². The Labute approximate surface area is 182 Å². The van der Waals surface area contributed by atoms with E-state index in [2.05, 4.69) is 15.5 Å². The minimum absolute atomic E-state index is 0.0418. The summed E-state index contributed by atoms with van der Waals surface area (Å²) in [7, 11) is 0. The summed E-state index contributed by atoms with van der Waals surface area (Å²) in [6.45, 7) is 5.52. The Morgan fingerprint density at radius 3 is 2.74 bits per heavy atom. The molecule has 4 rings (SSSR count). The third kappa shape index (κ3) is 4.24. The summed E-state index contributed by atoms with van der Waals surface area (Å²) in [5.41, 5.74) is 14.7. The van der Waals surface area contributed by atoms with Crippen molar-refractivity contribution in [2.45, 2.75) is 51.5 Å². The van der Waals surface area contributed by atoms with Gasteiger partial charge in [-0.05, 0) is 55.6 Å². The summed E-state index contributed by atoms with van der Waals surface area (Å²) >= 11 is 0. The van der Waals surface area contributed by atoms with E-state index in [1.165, 1.54) is 0 Å². The monoisotopic (exact) mass is 424 g/mol. The van der Waals surface area contributed by atoms with E-state index < -0.39 is 0 Å². The molecule has 1 aromatic carbocycles. The van der Waals surface area contributed by atoms with Gasteiger partial charge < -0.3 is 21.7 Å². The van der Waals surface area contributed by atoms with Crippen molar-refractivity contribution in [2.75, 3.05) is 24.6 Å². The zero-order valence-electron chi connectivity index (χ0n) is 18.2. The standard InChI is InChI=1S/C23H32N6O2/c1-13(2)21-18(11-26-28-21)22(30)27-16-7-6-15-12-29(9-8-14(15)10-16)23(31)17-4-3-5-19(24)20(17)25/h3-5,11,13-16H,6-10,12,24-25H2,1-2H3,(H,26,28)(H,27,30). The molecule has 2 aromatic rings. The number of carbonyl (C=O) groups excluding carboxylic acids is 2. The second-order valence-corrected chi connectivity index (χ2v) is 9.20. The quantitative estimate of drug-likeness (QED) is 0.561. The number of aromatic amines is 1. The Kier molecular flexibility index (Phi) is 5.89. The molecule has 2 heterocycles. The van der Waals surface area contributed by atoms with E-state index in [0.29, 0.717) is 40.9 Å². The van der Waals surface area contributed by atoms with Crippen molar-refractivity contribution in [3.8, 4) is 0 Å². The number of nitrogens with zero attached hydrogens (tertiary/aromatic N) is 2. The molecule has 1 aliphatic heterocycles. The molecule has 2 fully saturated rings. The maximum absolute atomic E-state index is 13.0. The number of benzene rings is 1. The number of nitrogens with one attached hydrogen (secondary N) is 2. The molecule has 0 spiro atoms. The summed E-state index contributed by atoms with van der Waals surface area (Å²) in [5, 5.41) is 10.2. The number of fused-ring (bicyclic) bond motifs is 1. The smallest absolute Gasteiger partial charge is 0.256 e. The van der Waals surface area contributed by atoms with E-state index in [4.69, 9.17) is 11.5 Å². The van der Waals surface area contributed by atoms with Crippen LogP contribution in [0.1, 0.15) is 71.9 Å². The number of piperidine rings is 1. The lowest BCUT2D eigenvalue weighted by molar-refractivity contribution is 0.0479. The van der Waals surface area contributed by atoms with E-state index in [9.17, 15) is 9.59 Å². The van der Waals surface area contributed by atoms with Gasteiger partial charge in [0.05, 0.1) is 34.4 Å². The molecule has 8 heteroatoms. The fraction of sp³-hybridized carbons (Fsp3) is 0.522. The Morgan fingerprint density at radius 1 is 1.16 bits per heavy atom. The molecule has 1 saturated carbocycles. The van der Waals surface area contributed by atoms with Crippen molar-refractivity contribution in [3.63, 3.8) is 0 Å². The predicted molar refractivity (Wildman–Crippen MR) is 121 cm³/mol. The maximum Gasteiger partial charge on any atom is 0.256 e. The zero-order chi connectivity index (χ0) is 22.1. The molecule has 2 amide bonds. The molecule has 6 N–H and O–H groups in total. The number of likely N-dealkylation sites (tertiary alicyclic amines) is 1. The first-order valence-corrected chi connectivity index (χ1v) is 11.1. The summed E-state index contributed by atoms with van der Waals surface area (Å²) in [6.07, 6.45) is 5.42. The van der Waals surface area contributed by atoms with E-state index in [1.807, 2.05) is 18.7 Å². The van der Waals surface area contributed by atoms with Crippen molar-refractivity contribution in [3.05, 3.63) is 41.2 Å². The number of carbonyl (C=O) groups is 2. The normalized spacial score (nSPS) is 23.5. The SMILES string of the molecule is CC(C)c1[nH]ncc1C(=O)NC1CCC2CN(C(=O)c3cccc(N)c3N)CCC2C1. The van der Waals surface area contributed by atoms with E-state index in [0.717, 1.165) is 37.9 Å². The molecule has 3 unspecified atom stereocenters. The van der Waals surface area contributed by atoms with Crippen LogP contribution < -0.4 is 16.8 Å². The summed E-state index contributed by atoms with van der Waals surface area (Å²) < 4.78 is 0. The summed E-state index contributed by atoms with van der Waals surface area (Å²) in [6, 6.07) is 5.38. The van der Waals surface area contributed by atoms with Crippen LogP contribution in [0.2, 0.25) is 0 Å². The van der Waals surface area contributed by atoms with Crippen LogP contribution in [0.25, 0.3) is 0 Å². The van der Waals surface area contributed by atoms with Gasteiger partial charge in [0.2, 0.25) is 0 Å². The largest absolute Gasteiger partial charge is 0.397 e. The van der Waals surface area contributed by atoms with Crippen molar-refractivity contribution in [1.82, 2.24) is 20.4 Å². The maximum atomic E-state index is 13.0. The number of amides is 2. The zero-order valence-corrected chi connectivity index (χ0v) is 18.2. The van der Waals surface area contributed by atoms with Crippen LogP contribution in [-0.2, 0) is 0 Å². The Balaban J connectivity index is 1.35. The molecule has 2 aliphatic rings. The molecule has 166 valence electrons. The van der Waals surface area contributed by atoms with Gasteiger partial charge in [-0.1, -0.05) is 19.9 Å². The molecule has 0 radical (unpaired) electrons. The fourth-order valence-electron chi connectivity index (χ4n) is 5.05. The molecular formula is C23H32N6O2. The van der Waals surface area contributed by atoms with Crippen LogP contribution >= 0.6 is 0 Å². The highest BCUT2D eigenvalue weighted by molar-refractivity contribution is 6.01. The van der Waals surface area contributed by atoms with E-state index in [1.54, 1.807) is 24.4 Å². The van der Waals surface area contributed by atoms with E-state index in [-0.39, 0.29) is 23.8 Å². The minimum atomic E-state index is -0.0503. The Bertz CT molecular complexity index is 969. The Morgan fingerprint density at radius 2 is 1.97 bits per heavy atom. The number of rotatable bonds is 4. The van der Waals surface area contributed by atoms with E-state index >= 15 is 0 Å². The third-order valence-electron chi connectivity index (χ3n) is 6.85. The third-order valence-corrected chi connectivity index (χ3v) is 6.85. The van der Waals surface area contributed by atoms with Crippen LogP contribution in [-0.4, -0.2) is 46.0 Å². The molecule has 1 aliphatic carbocycles. The highest BCUT2D eigenvalue weighted by atomic mass is 16.2. The van der Waals surface area contributed by atoms with Crippen LogP contribution in [0.5, 0.6) is 0 Å². The van der Waals surface area contributed by atoms with Gasteiger partial charge in [0.1, 0.15) is 0 Å². The van der Waals surface area contributed by atoms with Crippen LogP contribution in [0, 0.1) is 11.8 Å². The summed E-state index contributed by atoms with van der Waals surface area (Å²) in [5.74, 6) is 1.09.